The number of hydrogen-bond acceptors (Lipinski definition) is 5. The predicted octanol–water partition coefficient (Wildman–Crippen LogP) is 0.237. The highest BCUT2D eigenvalue weighted by Crippen LogP contribution is 2.07. The van der Waals surface area contributed by atoms with E-state index in [0.29, 0.717) is 13.2 Å². The predicted molar refractivity (Wildman–Crippen MR) is 79.2 cm³/mol. The average Bonchev–Trinajstić information content (AvgIpc) is 2.48. The lowest BCUT2D eigenvalue weighted by Gasteiger charge is -2.09. The van der Waals surface area contributed by atoms with Gasteiger partial charge in [0.15, 0.2) is 0 Å². The SMILES string of the molecule is COCc1cccc(CNc2nn(C)c(=O)n(C)c2=O)c1. The van der Waals surface area contributed by atoms with Gasteiger partial charge in [-0.1, -0.05) is 24.3 Å². The van der Waals surface area contributed by atoms with E-state index in [9.17, 15) is 9.59 Å². The zero-order chi connectivity index (χ0) is 15.4. The van der Waals surface area contributed by atoms with Crippen LogP contribution in [0.25, 0.3) is 0 Å². The lowest BCUT2D eigenvalue weighted by Crippen LogP contribution is -2.39. The first-order valence-electron chi connectivity index (χ1n) is 6.48. The largest absolute Gasteiger partial charge is 0.380 e. The Kier molecular flexibility index (Phi) is 4.54. The zero-order valence-electron chi connectivity index (χ0n) is 12.3. The molecule has 0 aliphatic rings. The van der Waals surface area contributed by atoms with Gasteiger partial charge in [-0.3, -0.25) is 9.36 Å². The summed E-state index contributed by atoms with van der Waals surface area (Å²) < 4.78 is 7.24. The van der Waals surface area contributed by atoms with Crippen LogP contribution in [0, 0.1) is 0 Å². The minimum Gasteiger partial charge on any atom is -0.380 e. The van der Waals surface area contributed by atoms with E-state index in [0.717, 1.165) is 20.4 Å². The number of nitrogens with one attached hydrogen (secondary N) is 1. The van der Waals surface area contributed by atoms with Gasteiger partial charge in [-0.25, -0.2) is 9.48 Å². The summed E-state index contributed by atoms with van der Waals surface area (Å²) >= 11 is 0. The standard InChI is InChI=1S/C14H18N4O3/c1-17-13(19)12(16-18(2)14(17)20)15-8-10-5-4-6-11(7-10)9-21-3/h4-7H,8-9H2,1-3H3,(H,15,16). The van der Waals surface area contributed by atoms with Crippen molar-refractivity contribution < 1.29 is 4.74 Å². The molecule has 0 aliphatic heterocycles. The summed E-state index contributed by atoms with van der Waals surface area (Å²) in [5, 5.41) is 6.90. The molecule has 0 aliphatic carbocycles. The second-order valence-corrected chi connectivity index (χ2v) is 4.73. The Morgan fingerprint density at radius 3 is 2.67 bits per heavy atom. The Bertz CT molecular complexity index is 749. The number of aryl methyl sites for hydroxylation is 1. The number of ether oxygens (including phenoxy) is 1. The average molecular weight is 290 g/mol. The quantitative estimate of drug-likeness (QED) is 0.853. The third-order valence-electron chi connectivity index (χ3n) is 3.08. The van der Waals surface area contributed by atoms with Gasteiger partial charge in [-0.15, -0.1) is 5.10 Å². The molecule has 0 atom stereocenters. The fourth-order valence-corrected chi connectivity index (χ4v) is 1.99. The first kappa shape index (κ1) is 15.0. The number of rotatable bonds is 5. The van der Waals surface area contributed by atoms with Crippen LogP contribution in [0.1, 0.15) is 11.1 Å². The first-order valence-corrected chi connectivity index (χ1v) is 6.48. The molecule has 0 amide bonds. The normalized spacial score (nSPS) is 10.6. The topological polar surface area (TPSA) is 78.2 Å². The molecule has 0 spiro atoms. The summed E-state index contributed by atoms with van der Waals surface area (Å²) in [6.45, 7) is 0.978. The van der Waals surface area contributed by atoms with Gasteiger partial charge in [0.1, 0.15) is 0 Å². The van der Waals surface area contributed by atoms with Gasteiger partial charge in [0.2, 0.25) is 5.82 Å². The van der Waals surface area contributed by atoms with Gasteiger partial charge in [-0.05, 0) is 11.1 Å². The number of methoxy groups -OCH3 is 1. The fraction of sp³-hybridized carbons (Fsp3) is 0.357. The minimum absolute atomic E-state index is 0.150. The lowest BCUT2D eigenvalue weighted by molar-refractivity contribution is 0.185. The molecule has 0 fully saturated rings. The monoisotopic (exact) mass is 290 g/mol. The van der Waals surface area contributed by atoms with E-state index < -0.39 is 11.2 Å². The smallest absolute Gasteiger partial charge is 0.346 e. The molecule has 7 heteroatoms. The highest BCUT2D eigenvalue weighted by atomic mass is 16.5. The van der Waals surface area contributed by atoms with E-state index >= 15 is 0 Å². The molecule has 112 valence electrons. The number of hydrogen-bond donors (Lipinski definition) is 1. The third-order valence-corrected chi connectivity index (χ3v) is 3.08. The van der Waals surface area contributed by atoms with Gasteiger partial charge >= 0.3 is 5.69 Å². The minimum atomic E-state index is -0.451. The summed E-state index contributed by atoms with van der Waals surface area (Å²) in [5.74, 6) is 0.150. The van der Waals surface area contributed by atoms with Crippen LogP contribution in [-0.2, 0) is 32.0 Å². The van der Waals surface area contributed by atoms with Gasteiger partial charge in [0, 0.05) is 27.7 Å². The van der Waals surface area contributed by atoms with E-state index in [-0.39, 0.29) is 5.82 Å². The molecule has 1 N–H and O–H groups in total. The van der Waals surface area contributed by atoms with Gasteiger partial charge in [-0.2, -0.15) is 0 Å². The van der Waals surface area contributed by atoms with Crippen LogP contribution >= 0.6 is 0 Å². The first-order chi connectivity index (χ1) is 10.0. The molecule has 2 aromatic rings. The van der Waals surface area contributed by atoms with Gasteiger partial charge in [0.25, 0.3) is 5.56 Å². The van der Waals surface area contributed by atoms with E-state index in [1.165, 1.54) is 14.1 Å². The second-order valence-electron chi connectivity index (χ2n) is 4.73. The van der Waals surface area contributed by atoms with Crippen LogP contribution in [0.2, 0.25) is 0 Å². The molecule has 7 nitrogen and oxygen atoms in total. The van der Waals surface area contributed by atoms with Gasteiger partial charge < -0.3 is 10.1 Å². The Morgan fingerprint density at radius 1 is 1.24 bits per heavy atom. The van der Waals surface area contributed by atoms with Crippen molar-refractivity contribution in [2.24, 2.45) is 14.1 Å². The molecule has 0 saturated carbocycles. The summed E-state index contributed by atoms with van der Waals surface area (Å²) in [7, 11) is 4.58. The van der Waals surface area contributed by atoms with Crippen molar-refractivity contribution in [1.29, 1.82) is 0 Å². The van der Waals surface area contributed by atoms with Crippen LogP contribution < -0.4 is 16.6 Å². The van der Waals surface area contributed by atoms with Crippen LogP contribution in [0.5, 0.6) is 0 Å². The van der Waals surface area contributed by atoms with Crippen molar-refractivity contribution in [1.82, 2.24) is 14.3 Å². The van der Waals surface area contributed by atoms with Crippen molar-refractivity contribution in [3.05, 3.63) is 56.2 Å². The maximum Gasteiger partial charge on any atom is 0.346 e. The number of benzene rings is 1. The number of anilines is 1. The van der Waals surface area contributed by atoms with Crippen molar-refractivity contribution >= 4 is 5.82 Å². The molecule has 1 aromatic heterocycles. The molecule has 0 saturated heterocycles. The molecule has 2 rings (SSSR count). The van der Waals surface area contributed by atoms with Crippen molar-refractivity contribution in [2.45, 2.75) is 13.2 Å². The van der Waals surface area contributed by atoms with Crippen molar-refractivity contribution in [3.63, 3.8) is 0 Å². The number of aromatic nitrogens is 3. The Balaban J connectivity index is 2.19. The van der Waals surface area contributed by atoms with E-state index in [4.69, 9.17) is 4.74 Å². The lowest BCUT2D eigenvalue weighted by atomic mass is 10.1. The molecule has 0 unspecified atom stereocenters. The summed E-state index contributed by atoms with van der Waals surface area (Å²) in [6.07, 6.45) is 0. The van der Waals surface area contributed by atoms with Crippen LogP contribution in [0.4, 0.5) is 5.82 Å². The molecular weight excluding hydrogens is 272 g/mol. The summed E-state index contributed by atoms with van der Waals surface area (Å²) in [4.78, 5) is 23.5. The second kappa shape index (κ2) is 6.36. The van der Waals surface area contributed by atoms with Crippen molar-refractivity contribution in [3.8, 4) is 0 Å². The molecule has 0 radical (unpaired) electrons. The van der Waals surface area contributed by atoms with E-state index in [1.807, 2.05) is 24.3 Å². The van der Waals surface area contributed by atoms with Crippen LogP contribution in [-0.4, -0.2) is 21.5 Å². The Labute approximate surface area is 121 Å². The summed E-state index contributed by atoms with van der Waals surface area (Å²) in [6, 6.07) is 7.83. The molecule has 1 heterocycles. The number of nitrogens with zero attached hydrogens (tertiary/aromatic N) is 3. The van der Waals surface area contributed by atoms with Crippen LogP contribution in [0.15, 0.2) is 33.9 Å². The third kappa shape index (κ3) is 3.38. The van der Waals surface area contributed by atoms with Crippen molar-refractivity contribution in [2.75, 3.05) is 12.4 Å². The van der Waals surface area contributed by atoms with E-state index in [2.05, 4.69) is 10.4 Å². The molecule has 1 aromatic carbocycles. The summed E-state index contributed by atoms with van der Waals surface area (Å²) in [5.41, 5.74) is 1.17. The molecule has 21 heavy (non-hydrogen) atoms. The fourth-order valence-electron chi connectivity index (χ4n) is 1.99. The Morgan fingerprint density at radius 2 is 1.95 bits per heavy atom. The van der Waals surface area contributed by atoms with E-state index in [1.54, 1.807) is 7.11 Å². The van der Waals surface area contributed by atoms with Gasteiger partial charge in [0.05, 0.1) is 6.61 Å². The highest BCUT2D eigenvalue weighted by Gasteiger charge is 2.08. The maximum absolute atomic E-state index is 11.9. The highest BCUT2D eigenvalue weighted by molar-refractivity contribution is 5.33. The molecule has 0 bridgehead atoms. The maximum atomic E-state index is 11.9. The molecular formula is C14H18N4O3. The zero-order valence-corrected chi connectivity index (χ0v) is 12.3. The van der Waals surface area contributed by atoms with Crippen LogP contribution in [0.3, 0.4) is 0 Å². The Hall–Kier alpha value is -2.41.